The minimum absolute atomic E-state index is 0.0567. The van der Waals surface area contributed by atoms with E-state index in [2.05, 4.69) is 16.9 Å². The van der Waals surface area contributed by atoms with Crippen molar-refractivity contribution in [3.63, 3.8) is 0 Å². The molecule has 1 amide bonds. The van der Waals surface area contributed by atoms with Gasteiger partial charge in [0.15, 0.2) is 0 Å². The van der Waals surface area contributed by atoms with E-state index in [0.717, 1.165) is 32.2 Å². The van der Waals surface area contributed by atoms with Crippen LogP contribution >= 0.6 is 0 Å². The molecule has 3 fully saturated rings. The van der Waals surface area contributed by atoms with Crippen LogP contribution in [0.5, 0.6) is 5.88 Å². The van der Waals surface area contributed by atoms with Crippen LogP contribution in [0.2, 0.25) is 0 Å². The van der Waals surface area contributed by atoms with Crippen LogP contribution in [0, 0.1) is 11.3 Å². The second-order valence-corrected chi connectivity index (χ2v) is 13.0. The number of piperazine rings is 1. The minimum Gasteiger partial charge on any atom is -0.476 e. The van der Waals surface area contributed by atoms with E-state index < -0.39 is 16.1 Å². The Labute approximate surface area is 214 Å². The molecule has 36 heavy (non-hydrogen) atoms. The number of hydrogen-bond donors (Lipinski definition) is 1. The lowest BCUT2D eigenvalue weighted by Crippen LogP contribution is -2.50. The normalized spacial score (nSPS) is 24.7. The Morgan fingerprint density at radius 1 is 1.17 bits per heavy atom. The Morgan fingerprint density at radius 2 is 1.89 bits per heavy atom. The Bertz CT molecular complexity index is 993. The van der Waals surface area contributed by atoms with Gasteiger partial charge in [-0.3, -0.25) is 0 Å². The van der Waals surface area contributed by atoms with Crippen LogP contribution in [0.4, 0.5) is 10.6 Å². The highest BCUT2D eigenvalue weighted by Crippen LogP contribution is 2.53. The van der Waals surface area contributed by atoms with Gasteiger partial charge >= 0.3 is 6.09 Å². The molecule has 1 aromatic rings. The molecule has 1 aliphatic carbocycles. The van der Waals surface area contributed by atoms with Gasteiger partial charge in [-0.25, -0.2) is 23.2 Å². The molecule has 202 valence electrons. The molecule has 2 saturated heterocycles. The summed E-state index contributed by atoms with van der Waals surface area (Å²) in [7, 11) is 0.646. The van der Waals surface area contributed by atoms with E-state index in [0.29, 0.717) is 57.4 Å². The van der Waals surface area contributed by atoms with Crippen molar-refractivity contribution in [3.05, 3.63) is 12.4 Å². The Kier molecular flexibility index (Phi) is 8.25. The van der Waals surface area contributed by atoms with Gasteiger partial charge in [-0.1, -0.05) is 6.92 Å². The van der Waals surface area contributed by atoms with Crippen LogP contribution in [0.3, 0.4) is 0 Å². The average Bonchev–Trinajstić information content (AvgIpc) is 3.61. The average molecular weight is 525 g/mol. The maximum atomic E-state index is 12.6. The molecule has 4 rings (SSSR count). The molecule has 2 unspecified atom stereocenters. The fourth-order valence-corrected chi connectivity index (χ4v) is 6.72. The number of hydrogen-bond acceptors (Lipinski definition) is 8. The predicted octanol–water partition coefficient (Wildman–Crippen LogP) is 1.82. The molecule has 2 aliphatic heterocycles. The molecule has 2 atom stereocenters. The monoisotopic (exact) mass is 524 g/mol. The summed E-state index contributed by atoms with van der Waals surface area (Å²) in [5, 5.41) is 9.57. The number of aromatic nitrogens is 2. The number of amides is 1. The number of nitrogens with zero attached hydrogens (tertiary/aromatic N) is 6. The fourth-order valence-electron chi connectivity index (χ4n) is 5.25. The van der Waals surface area contributed by atoms with E-state index >= 15 is 0 Å². The summed E-state index contributed by atoms with van der Waals surface area (Å²) in [5.41, 5.74) is 0.105. The molecule has 0 radical (unpaired) electrons. The largest absolute Gasteiger partial charge is 0.476 e. The standard InChI is InChI=1S/C24H40N6O5S/c1-24(6-7-24)20-15-19(5-9-30(20)23(31)32)18-35-22-17-25-21(16-26-22)28-10-12-29(13-11-28)36(33,34)14-4-8-27(2)3/h16-17,19-20H,4-15,18H2,1-3H3,(H,31,32). The zero-order valence-corrected chi connectivity index (χ0v) is 22.5. The maximum Gasteiger partial charge on any atom is 0.407 e. The quantitative estimate of drug-likeness (QED) is 0.489. The highest BCUT2D eigenvalue weighted by atomic mass is 32.2. The van der Waals surface area contributed by atoms with Gasteiger partial charge in [0.1, 0.15) is 5.82 Å². The number of piperidine rings is 1. The van der Waals surface area contributed by atoms with Gasteiger partial charge in [0.25, 0.3) is 0 Å². The van der Waals surface area contributed by atoms with Crippen LogP contribution in [-0.4, -0.2) is 115 Å². The first-order valence-electron chi connectivity index (χ1n) is 12.9. The van der Waals surface area contributed by atoms with Gasteiger partial charge in [0, 0.05) is 38.8 Å². The predicted molar refractivity (Wildman–Crippen MR) is 137 cm³/mol. The third-order valence-electron chi connectivity index (χ3n) is 7.84. The van der Waals surface area contributed by atoms with Crippen LogP contribution in [0.15, 0.2) is 12.4 Å². The summed E-state index contributed by atoms with van der Waals surface area (Å²) >= 11 is 0. The van der Waals surface area contributed by atoms with Crippen molar-refractivity contribution < 1.29 is 23.1 Å². The van der Waals surface area contributed by atoms with E-state index in [1.165, 1.54) is 0 Å². The van der Waals surface area contributed by atoms with Gasteiger partial charge in [-0.05, 0) is 64.1 Å². The smallest absolute Gasteiger partial charge is 0.407 e. The van der Waals surface area contributed by atoms with Crippen molar-refractivity contribution in [1.29, 1.82) is 0 Å². The van der Waals surface area contributed by atoms with Crippen LogP contribution < -0.4 is 9.64 Å². The SMILES string of the molecule is CN(C)CCCS(=O)(=O)N1CCN(c2cnc(OCC3CCN(C(=O)O)C(C4(C)CC4)C3)cn2)CC1. The van der Waals surface area contributed by atoms with Gasteiger partial charge in [-0.15, -0.1) is 0 Å². The summed E-state index contributed by atoms with van der Waals surface area (Å²) in [6.07, 6.45) is 6.86. The van der Waals surface area contributed by atoms with Crippen molar-refractivity contribution in [2.45, 2.75) is 45.1 Å². The summed E-state index contributed by atoms with van der Waals surface area (Å²) < 4.78 is 32.7. The van der Waals surface area contributed by atoms with Crippen molar-refractivity contribution in [1.82, 2.24) is 24.1 Å². The summed E-state index contributed by atoms with van der Waals surface area (Å²) in [6, 6.07) is 0.0567. The van der Waals surface area contributed by atoms with Gasteiger partial charge < -0.3 is 24.5 Å². The minimum atomic E-state index is -3.24. The highest BCUT2D eigenvalue weighted by molar-refractivity contribution is 7.89. The molecule has 1 aromatic heterocycles. The molecule has 0 bridgehead atoms. The Hall–Kier alpha value is -2.18. The number of anilines is 1. The van der Waals surface area contributed by atoms with Crippen molar-refractivity contribution in [2.24, 2.45) is 11.3 Å². The van der Waals surface area contributed by atoms with Crippen molar-refractivity contribution in [3.8, 4) is 5.88 Å². The van der Waals surface area contributed by atoms with Crippen molar-refractivity contribution in [2.75, 3.05) is 70.6 Å². The number of rotatable bonds is 10. The van der Waals surface area contributed by atoms with Crippen molar-refractivity contribution >= 4 is 21.9 Å². The first-order valence-corrected chi connectivity index (χ1v) is 14.5. The molecule has 12 heteroatoms. The third kappa shape index (κ3) is 6.57. The number of ether oxygens (including phenoxy) is 1. The second kappa shape index (κ2) is 11.1. The van der Waals surface area contributed by atoms with Gasteiger partial charge in [-0.2, -0.15) is 4.31 Å². The summed E-state index contributed by atoms with van der Waals surface area (Å²) in [5.74, 6) is 1.63. The molecule has 1 saturated carbocycles. The zero-order valence-electron chi connectivity index (χ0n) is 21.7. The number of likely N-dealkylation sites (tertiary alicyclic amines) is 1. The van der Waals surface area contributed by atoms with E-state index in [9.17, 15) is 18.3 Å². The van der Waals surface area contributed by atoms with E-state index in [1.807, 2.05) is 23.9 Å². The molecule has 3 aliphatic rings. The molecule has 0 aromatic carbocycles. The summed E-state index contributed by atoms with van der Waals surface area (Å²) in [4.78, 5) is 26.2. The van der Waals surface area contributed by atoms with Crippen LogP contribution in [0.25, 0.3) is 0 Å². The third-order valence-corrected chi connectivity index (χ3v) is 9.80. The van der Waals surface area contributed by atoms with E-state index in [1.54, 1.807) is 21.6 Å². The van der Waals surface area contributed by atoms with Gasteiger partial charge in [0.2, 0.25) is 15.9 Å². The Morgan fingerprint density at radius 3 is 2.47 bits per heavy atom. The van der Waals surface area contributed by atoms with Crippen LogP contribution in [0.1, 0.15) is 39.0 Å². The first kappa shape index (κ1) is 26.9. The van der Waals surface area contributed by atoms with E-state index in [-0.39, 0.29) is 23.1 Å². The number of sulfonamides is 1. The highest BCUT2D eigenvalue weighted by Gasteiger charge is 2.50. The maximum absolute atomic E-state index is 12.6. The summed E-state index contributed by atoms with van der Waals surface area (Å²) in [6.45, 7) is 6.02. The fraction of sp³-hybridized carbons (Fsp3) is 0.792. The number of carbonyl (C=O) groups is 1. The lowest BCUT2D eigenvalue weighted by Gasteiger charge is -2.41. The molecular weight excluding hydrogens is 484 g/mol. The number of carboxylic acid groups (broad SMARTS) is 1. The van der Waals surface area contributed by atoms with Crippen LogP contribution in [-0.2, 0) is 10.0 Å². The lowest BCUT2D eigenvalue weighted by molar-refractivity contribution is 0.0483. The Balaban J connectivity index is 1.23. The van der Waals surface area contributed by atoms with E-state index in [4.69, 9.17) is 4.74 Å². The van der Waals surface area contributed by atoms with Gasteiger partial charge in [0.05, 0.1) is 24.8 Å². The lowest BCUT2D eigenvalue weighted by atomic mass is 9.83. The molecule has 11 nitrogen and oxygen atoms in total. The molecule has 0 spiro atoms. The first-order chi connectivity index (χ1) is 17.1. The second-order valence-electron chi connectivity index (χ2n) is 10.9. The topological polar surface area (TPSA) is 119 Å². The molecular formula is C24H40N6O5S. The zero-order chi connectivity index (χ0) is 25.9. The molecule has 3 heterocycles. The molecule has 1 N–H and O–H groups in total.